The quantitative estimate of drug-likeness (QED) is 0.509. The van der Waals surface area contributed by atoms with Crippen LogP contribution in [0.5, 0.6) is 5.75 Å². The summed E-state index contributed by atoms with van der Waals surface area (Å²) in [6.07, 6.45) is 0.653. The van der Waals surface area contributed by atoms with E-state index in [9.17, 15) is 9.18 Å². The molecule has 0 bridgehead atoms. The molecule has 172 valence electrons. The Morgan fingerprint density at radius 3 is 2.67 bits per heavy atom. The molecule has 2 aromatic carbocycles. The average Bonchev–Trinajstić information content (AvgIpc) is 3.30. The molecule has 1 aliphatic rings. The maximum absolute atomic E-state index is 14.0. The summed E-state index contributed by atoms with van der Waals surface area (Å²) < 4.78 is 29.9. The Morgan fingerprint density at radius 2 is 1.97 bits per heavy atom. The lowest BCUT2D eigenvalue weighted by atomic mass is 9.94. The number of allylic oxidation sites excluding steroid dienone is 1. The lowest BCUT2D eigenvalue weighted by Crippen LogP contribution is -2.46. The highest BCUT2D eigenvalue weighted by molar-refractivity contribution is 5.86. The molecule has 3 aromatic rings. The van der Waals surface area contributed by atoms with Crippen molar-refractivity contribution in [2.45, 2.75) is 19.4 Å². The molecule has 1 atom stereocenters. The zero-order chi connectivity index (χ0) is 23.4. The molecule has 0 aliphatic carbocycles. The van der Waals surface area contributed by atoms with E-state index in [4.69, 9.17) is 14.0 Å². The van der Waals surface area contributed by atoms with Crippen molar-refractivity contribution in [1.29, 1.82) is 0 Å². The summed E-state index contributed by atoms with van der Waals surface area (Å²) in [5.41, 5.74) is 2.61. The van der Waals surface area contributed by atoms with Crippen LogP contribution in [0.25, 0.3) is 17.0 Å². The summed E-state index contributed by atoms with van der Waals surface area (Å²) in [5, 5.41) is 7.09. The van der Waals surface area contributed by atoms with Gasteiger partial charge in [0.05, 0.1) is 18.7 Å². The van der Waals surface area contributed by atoms with Crippen molar-refractivity contribution in [3.05, 3.63) is 71.5 Å². The molecule has 8 nitrogen and oxygen atoms in total. The van der Waals surface area contributed by atoms with Crippen LogP contribution in [0.3, 0.4) is 0 Å². The van der Waals surface area contributed by atoms with Gasteiger partial charge in [0, 0.05) is 31.5 Å². The van der Waals surface area contributed by atoms with E-state index in [0.717, 1.165) is 5.56 Å². The lowest BCUT2D eigenvalue weighted by Gasteiger charge is -2.35. The number of methoxy groups -OCH3 is 2. The molecule has 0 saturated carbocycles. The van der Waals surface area contributed by atoms with E-state index in [2.05, 4.69) is 15.5 Å². The largest absolute Gasteiger partial charge is 0.497 e. The average molecular weight is 452 g/mol. The summed E-state index contributed by atoms with van der Waals surface area (Å²) in [5.74, 6) is 0.970. The number of aromatic nitrogens is 2. The first-order chi connectivity index (χ1) is 16.0. The zero-order valence-electron chi connectivity index (χ0n) is 18.7. The fourth-order valence-corrected chi connectivity index (χ4v) is 3.82. The van der Waals surface area contributed by atoms with Crippen LogP contribution in [-0.2, 0) is 4.74 Å². The fraction of sp³-hybridized carbons (Fsp3) is 0.292. The van der Waals surface area contributed by atoms with Crippen LogP contribution in [0.15, 0.2) is 58.8 Å². The number of nitrogens with zero attached hydrogens (tertiary/aromatic N) is 3. The van der Waals surface area contributed by atoms with E-state index in [0.29, 0.717) is 48.0 Å². The highest BCUT2D eigenvalue weighted by Crippen LogP contribution is 2.37. The van der Waals surface area contributed by atoms with Crippen LogP contribution >= 0.6 is 0 Å². The molecule has 0 fully saturated rings. The topological polar surface area (TPSA) is 89.7 Å². The molecule has 2 amide bonds. The van der Waals surface area contributed by atoms with E-state index in [1.54, 1.807) is 31.3 Å². The van der Waals surface area contributed by atoms with Gasteiger partial charge in [-0.25, -0.2) is 9.18 Å². The van der Waals surface area contributed by atoms with Gasteiger partial charge in [-0.1, -0.05) is 17.3 Å². The Hall–Kier alpha value is -3.72. The summed E-state index contributed by atoms with van der Waals surface area (Å²) in [4.78, 5) is 19.1. The number of urea groups is 1. The molecule has 33 heavy (non-hydrogen) atoms. The first-order valence-corrected chi connectivity index (χ1v) is 10.5. The van der Waals surface area contributed by atoms with Gasteiger partial charge in [0.15, 0.2) is 0 Å². The molecule has 1 aromatic heterocycles. The van der Waals surface area contributed by atoms with Crippen molar-refractivity contribution in [2.75, 3.05) is 27.4 Å². The van der Waals surface area contributed by atoms with E-state index in [1.807, 2.05) is 31.2 Å². The van der Waals surface area contributed by atoms with Gasteiger partial charge in [-0.05, 0) is 55.3 Å². The van der Waals surface area contributed by atoms with Gasteiger partial charge >= 0.3 is 6.03 Å². The lowest BCUT2D eigenvalue weighted by molar-refractivity contribution is 0.174. The highest BCUT2D eigenvalue weighted by atomic mass is 19.1. The van der Waals surface area contributed by atoms with Crippen molar-refractivity contribution < 1.29 is 23.2 Å². The van der Waals surface area contributed by atoms with Crippen molar-refractivity contribution in [3.8, 4) is 17.1 Å². The van der Waals surface area contributed by atoms with Gasteiger partial charge in [0.25, 0.3) is 5.89 Å². The molecule has 9 heteroatoms. The second-order valence-corrected chi connectivity index (χ2v) is 7.59. The third kappa shape index (κ3) is 4.73. The SMILES string of the molecule is COCCCN1C(=O)NC(c2cccc(F)c2)C(c2nc(-c3ccc(OC)cc3)no2)=C1C. The first kappa shape index (κ1) is 22.5. The van der Waals surface area contributed by atoms with Crippen molar-refractivity contribution in [1.82, 2.24) is 20.4 Å². The van der Waals surface area contributed by atoms with Gasteiger partial charge in [-0.3, -0.25) is 4.90 Å². The number of carbonyl (C=O) groups excluding carboxylic acids is 1. The summed E-state index contributed by atoms with van der Waals surface area (Å²) in [6.45, 7) is 2.79. The Bertz CT molecular complexity index is 1160. The Morgan fingerprint density at radius 1 is 1.18 bits per heavy atom. The molecular weight excluding hydrogens is 427 g/mol. The predicted octanol–water partition coefficient (Wildman–Crippen LogP) is 4.42. The molecule has 1 unspecified atom stereocenters. The Labute approximate surface area is 191 Å². The molecule has 0 radical (unpaired) electrons. The third-order valence-corrected chi connectivity index (χ3v) is 5.51. The summed E-state index contributed by atoms with van der Waals surface area (Å²) in [6, 6.07) is 12.5. The summed E-state index contributed by atoms with van der Waals surface area (Å²) >= 11 is 0. The van der Waals surface area contributed by atoms with E-state index >= 15 is 0 Å². The maximum atomic E-state index is 14.0. The Balaban J connectivity index is 1.75. The van der Waals surface area contributed by atoms with Crippen LogP contribution in [0.1, 0.15) is 30.8 Å². The van der Waals surface area contributed by atoms with Crippen LogP contribution in [-0.4, -0.2) is 48.4 Å². The zero-order valence-corrected chi connectivity index (χ0v) is 18.7. The van der Waals surface area contributed by atoms with Gasteiger partial charge < -0.3 is 19.3 Å². The van der Waals surface area contributed by atoms with Crippen LogP contribution in [0, 0.1) is 5.82 Å². The minimum atomic E-state index is -0.643. The standard InChI is InChI=1S/C24H25FN4O4/c1-15-20(23-27-22(28-33-23)16-8-10-19(32-3)11-9-16)21(17-6-4-7-18(25)14-17)26-24(30)29(15)12-5-13-31-2/h4,6-11,14,21H,5,12-13H2,1-3H3,(H,26,30). The van der Waals surface area contributed by atoms with E-state index in [-0.39, 0.29) is 11.9 Å². The number of hydrogen-bond donors (Lipinski definition) is 1. The van der Waals surface area contributed by atoms with E-state index in [1.165, 1.54) is 12.1 Å². The smallest absolute Gasteiger partial charge is 0.322 e. The Kier molecular flexibility index (Phi) is 6.69. The third-order valence-electron chi connectivity index (χ3n) is 5.51. The normalized spacial score (nSPS) is 16.2. The van der Waals surface area contributed by atoms with Crippen molar-refractivity contribution >= 4 is 11.6 Å². The first-order valence-electron chi connectivity index (χ1n) is 10.5. The number of benzene rings is 2. The predicted molar refractivity (Wildman–Crippen MR) is 120 cm³/mol. The van der Waals surface area contributed by atoms with Crippen LogP contribution in [0.2, 0.25) is 0 Å². The number of rotatable bonds is 8. The second-order valence-electron chi connectivity index (χ2n) is 7.59. The number of halogens is 1. The van der Waals surface area contributed by atoms with Crippen molar-refractivity contribution in [3.63, 3.8) is 0 Å². The number of nitrogens with one attached hydrogen (secondary N) is 1. The molecule has 0 saturated heterocycles. The molecule has 1 N–H and O–H groups in total. The fourth-order valence-electron chi connectivity index (χ4n) is 3.82. The molecular formula is C24H25FN4O4. The van der Waals surface area contributed by atoms with Crippen LogP contribution < -0.4 is 10.1 Å². The van der Waals surface area contributed by atoms with Gasteiger partial charge in [0.2, 0.25) is 5.82 Å². The minimum absolute atomic E-state index is 0.254. The molecule has 4 rings (SSSR count). The van der Waals surface area contributed by atoms with Crippen LogP contribution in [0.4, 0.5) is 9.18 Å². The number of amides is 2. The monoisotopic (exact) mass is 452 g/mol. The minimum Gasteiger partial charge on any atom is -0.497 e. The number of ether oxygens (including phenoxy) is 2. The summed E-state index contributed by atoms with van der Waals surface area (Å²) in [7, 11) is 3.21. The van der Waals surface area contributed by atoms with Crippen molar-refractivity contribution in [2.24, 2.45) is 0 Å². The highest BCUT2D eigenvalue weighted by Gasteiger charge is 2.35. The van der Waals surface area contributed by atoms with E-state index < -0.39 is 11.9 Å². The maximum Gasteiger partial charge on any atom is 0.322 e. The second kappa shape index (κ2) is 9.83. The molecule has 1 aliphatic heterocycles. The number of hydrogen-bond acceptors (Lipinski definition) is 6. The molecule has 2 heterocycles. The van der Waals surface area contributed by atoms with Gasteiger partial charge in [0.1, 0.15) is 11.6 Å². The van der Waals surface area contributed by atoms with Gasteiger partial charge in [-0.15, -0.1) is 0 Å². The molecule has 0 spiro atoms. The number of carbonyl (C=O) groups is 1. The van der Waals surface area contributed by atoms with Gasteiger partial charge in [-0.2, -0.15) is 4.98 Å².